The molecule has 1 rings (SSSR count). The highest BCUT2D eigenvalue weighted by molar-refractivity contribution is 7.99. The van der Waals surface area contributed by atoms with Crippen molar-refractivity contribution in [2.45, 2.75) is 38.0 Å². The fourth-order valence-electron chi connectivity index (χ4n) is 1.72. The average molecular weight is 255 g/mol. The van der Waals surface area contributed by atoms with Gasteiger partial charge in [-0.3, -0.25) is 0 Å². The van der Waals surface area contributed by atoms with Crippen LogP contribution in [-0.4, -0.2) is 24.1 Å². The zero-order valence-electron chi connectivity index (χ0n) is 10.9. The first kappa shape index (κ1) is 14.5. The first-order valence-electron chi connectivity index (χ1n) is 6.13. The second-order valence-electron chi connectivity index (χ2n) is 4.49. The number of hydrogen-bond donors (Lipinski definition) is 1. The topological polar surface area (TPSA) is 12.0 Å². The van der Waals surface area contributed by atoms with E-state index in [2.05, 4.69) is 25.4 Å². The van der Waals surface area contributed by atoms with Crippen molar-refractivity contribution >= 4 is 11.8 Å². The van der Waals surface area contributed by atoms with Gasteiger partial charge in [-0.2, -0.15) is 11.8 Å². The molecule has 0 aliphatic heterocycles. The lowest BCUT2D eigenvalue weighted by Gasteiger charge is -2.15. The number of hydrogen-bond acceptors (Lipinski definition) is 2. The van der Waals surface area contributed by atoms with E-state index in [0.717, 1.165) is 24.9 Å². The maximum absolute atomic E-state index is 13.4. The van der Waals surface area contributed by atoms with Crippen LogP contribution in [0.1, 0.15) is 25.8 Å². The third kappa shape index (κ3) is 5.55. The van der Waals surface area contributed by atoms with Crippen LogP contribution in [0.4, 0.5) is 4.39 Å². The maximum Gasteiger partial charge on any atom is 0.126 e. The minimum Gasteiger partial charge on any atom is -0.314 e. The Morgan fingerprint density at radius 2 is 2.00 bits per heavy atom. The standard InChI is InChI=1S/C14H22FNS/c1-11(16-9-8-12(2)17-3)10-13-6-4-5-7-14(13)15/h4-7,11-12,16H,8-10H2,1-3H3. The van der Waals surface area contributed by atoms with Crippen molar-refractivity contribution in [3.8, 4) is 0 Å². The fourth-order valence-corrected chi connectivity index (χ4v) is 2.07. The Morgan fingerprint density at radius 1 is 1.29 bits per heavy atom. The van der Waals surface area contributed by atoms with Crippen LogP contribution in [0.15, 0.2) is 24.3 Å². The summed E-state index contributed by atoms with van der Waals surface area (Å²) >= 11 is 1.88. The summed E-state index contributed by atoms with van der Waals surface area (Å²) in [5.74, 6) is -0.0985. The molecule has 0 aromatic heterocycles. The van der Waals surface area contributed by atoms with Gasteiger partial charge in [-0.05, 0) is 44.2 Å². The van der Waals surface area contributed by atoms with Crippen LogP contribution in [0.25, 0.3) is 0 Å². The summed E-state index contributed by atoms with van der Waals surface area (Å²) in [7, 11) is 0. The fraction of sp³-hybridized carbons (Fsp3) is 0.571. The molecule has 0 saturated heterocycles. The Morgan fingerprint density at radius 3 is 2.65 bits per heavy atom. The quantitative estimate of drug-likeness (QED) is 0.800. The van der Waals surface area contributed by atoms with Crippen LogP contribution in [0.3, 0.4) is 0 Å². The minimum atomic E-state index is -0.0985. The van der Waals surface area contributed by atoms with Gasteiger partial charge in [0, 0.05) is 11.3 Å². The molecule has 0 radical (unpaired) electrons. The molecular formula is C14H22FNS. The van der Waals surface area contributed by atoms with Gasteiger partial charge >= 0.3 is 0 Å². The summed E-state index contributed by atoms with van der Waals surface area (Å²) in [6.07, 6.45) is 4.04. The number of thioether (sulfide) groups is 1. The molecule has 3 heteroatoms. The van der Waals surface area contributed by atoms with Crippen molar-refractivity contribution in [3.63, 3.8) is 0 Å². The second kappa shape index (κ2) is 7.72. The Balaban J connectivity index is 2.30. The summed E-state index contributed by atoms with van der Waals surface area (Å²) in [5, 5.41) is 4.13. The molecule has 17 heavy (non-hydrogen) atoms. The van der Waals surface area contributed by atoms with Gasteiger partial charge in [-0.25, -0.2) is 4.39 Å². The van der Waals surface area contributed by atoms with Crippen LogP contribution in [-0.2, 0) is 6.42 Å². The van der Waals surface area contributed by atoms with E-state index in [1.807, 2.05) is 23.9 Å². The van der Waals surface area contributed by atoms with E-state index in [0.29, 0.717) is 11.3 Å². The van der Waals surface area contributed by atoms with Gasteiger partial charge in [0.2, 0.25) is 0 Å². The van der Waals surface area contributed by atoms with Crippen molar-refractivity contribution in [2.24, 2.45) is 0 Å². The maximum atomic E-state index is 13.4. The van der Waals surface area contributed by atoms with E-state index in [9.17, 15) is 4.39 Å². The highest BCUT2D eigenvalue weighted by Crippen LogP contribution is 2.10. The molecular weight excluding hydrogens is 233 g/mol. The summed E-state index contributed by atoms with van der Waals surface area (Å²) in [6, 6.07) is 7.33. The predicted molar refractivity (Wildman–Crippen MR) is 75.2 cm³/mol. The van der Waals surface area contributed by atoms with Crippen LogP contribution in [0.5, 0.6) is 0 Å². The monoisotopic (exact) mass is 255 g/mol. The molecule has 0 heterocycles. The van der Waals surface area contributed by atoms with E-state index in [-0.39, 0.29) is 5.82 Å². The van der Waals surface area contributed by atoms with Crippen LogP contribution in [0, 0.1) is 5.82 Å². The first-order chi connectivity index (χ1) is 8.13. The molecule has 0 fully saturated rings. The Hall–Kier alpha value is -0.540. The number of halogens is 1. The SMILES string of the molecule is CSC(C)CCNC(C)Cc1ccccc1F. The van der Waals surface area contributed by atoms with Crippen molar-refractivity contribution in [1.82, 2.24) is 5.32 Å². The Labute approximate surface area is 108 Å². The first-order valence-corrected chi connectivity index (χ1v) is 7.42. The summed E-state index contributed by atoms with van der Waals surface area (Å²) in [5.41, 5.74) is 0.797. The molecule has 2 unspecified atom stereocenters. The Kier molecular flexibility index (Phi) is 6.60. The summed E-state index contributed by atoms with van der Waals surface area (Å²) in [6.45, 7) is 5.34. The largest absolute Gasteiger partial charge is 0.314 e. The van der Waals surface area contributed by atoms with Gasteiger partial charge in [-0.15, -0.1) is 0 Å². The summed E-state index contributed by atoms with van der Waals surface area (Å²) in [4.78, 5) is 0. The van der Waals surface area contributed by atoms with Crippen LogP contribution < -0.4 is 5.32 Å². The molecule has 0 spiro atoms. The van der Waals surface area contributed by atoms with Crippen molar-refractivity contribution in [3.05, 3.63) is 35.6 Å². The Bertz CT molecular complexity index is 330. The average Bonchev–Trinajstić information content (AvgIpc) is 2.32. The molecule has 1 N–H and O–H groups in total. The van der Waals surface area contributed by atoms with Gasteiger partial charge in [0.25, 0.3) is 0 Å². The van der Waals surface area contributed by atoms with Crippen molar-refractivity contribution in [1.29, 1.82) is 0 Å². The summed E-state index contributed by atoms with van der Waals surface area (Å²) < 4.78 is 13.4. The highest BCUT2D eigenvalue weighted by atomic mass is 32.2. The number of benzene rings is 1. The van der Waals surface area contributed by atoms with E-state index in [1.165, 1.54) is 6.07 Å². The van der Waals surface area contributed by atoms with Gasteiger partial charge in [0.05, 0.1) is 0 Å². The lowest BCUT2D eigenvalue weighted by atomic mass is 10.1. The lowest BCUT2D eigenvalue weighted by Crippen LogP contribution is -2.30. The zero-order chi connectivity index (χ0) is 12.7. The highest BCUT2D eigenvalue weighted by Gasteiger charge is 2.07. The predicted octanol–water partition coefficient (Wildman–Crippen LogP) is 3.49. The second-order valence-corrected chi connectivity index (χ2v) is 5.76. The van der Waals surface area contributed by atoms with E-state index < -0.39 is 0 Å². The third-order valence-electron chi connectivity index (χ3n) is 2.93. The van der Waals surface area contributed by atoms with Gasteiger partial charge in [0.15, 0.2) is 0 Å². The van der Waals surface area contributed by atoms with Gasteiger partial charge in [0.1, 0.15) is 5.82 Å². The molecule has 0 saturated carbocycles. The molecule has 1 aromatic carbocycles. The van der Waals surface area contributed by atoms with Gasteiger partial charge < -0.3 is 5.32 Å². The molecule has 0 amide bonds. The minimum absolute atomic E-state index is 0.0985. The van der Waals surface area contributed by atoms with E-state index in [1.54, 1.807) is 6.07 Å². The third-order valence-corrected chi connectivity index (χ3v) is 3.97. The number of rotatable bonds is 7. The molecule has 0 aliphatic rings. The smallest absolute Gasteiger partial charge is 0.126 e. The van der Waals surface area contributed by atoms with Crippen LogP contribution in [0.2, 0.25) is 0 Å². The molecule has 0 aliphatic carbocycles. The normalized spacial score (nSPS) is 14.6. The van der Waals surface area contributed by atoms with E-state index in [4.69, 9.17) is 0 Å². The molecule has 0 bridgehead atoms. The van der Waals surface area contributed by atoms with Gasteiger partial charge in [-0.1, -0.05) is 25.1 Å². The van der Waals surface area contributed by atoms with Crippen LogP contribution >= 0.6 is 11.8 Å². The van der Waals surface area contributed by atoms with Crippen molar-refractivity contribution in [2.75, 3.05) is 12.8 Å². The molecule has 96 valence electrons. The van der Waals surface area contributed by atoms with Crippen molar-refractivity contribution < 1.29 is 4.39 Å². The number of nitrogens with one attached hydrogen (secondary N) is 1. The molecule has 1 aromatic rings. The van der Waals surface area contributed by atoms with E-state index >= 15 is 0 Å². The molecule has 2 atom stereocenters. The zero-order valence-corrected chi connectivity index (χ0v) is 11.7. The molecule has 1 nitrogen and oxygen atoms in total. The lowest BCUT2D eigenvalue weighted by molar-refractivity contribution is 0.518.